The second kappa shape index (κ2) is 9.62. The van der Waals surface area contributed by atoms with E-state index >= 15 is 0 Å². The van der Waals surface area contributed by atoms with Crippen molar-refractivity contribution in [3.05, 3.63) is 11.6 Å². The number of esters is 1. The molecule has 0 heterocycles. The Morgan fingerprint density at radius 3 is 2.28 bits per heavy atom. The number of ether oxygens (including phenoxy) is 1. The van der Waals surface area contributed by atoms with Gasteiger partial charge in [0.2, 0.25) is 5.91 Å². The number of carbonyl (C=O) groups excluding carboxylic acids is 2. The zero-order valence-corrected chi connectivity index (χ0v) is 26.5. The Kier molecular flexibility index (Phi) is 7.20. The molecule has 0 spiro atoms. The van der Waals surface area contributed by atoms with E-state index in [1.54, 1.807) is 0 Å². The zero-order chi connectivity index (χ0) is 28.6. The van der Waals surface area contributed by atoms with Crippen LogP contribution >= 0.6 is 0 Å². The van der Waals surface area contributed by atoms with E-state index in [0.717, 1.165) is 37.5 Å². The van der Waals surface area contributed by atoms with E-state index in [0.29, 0.717) is 36.0 Å². The van der Waals surface area contributed by atoms with Crippen LogP contribution in [0.3, 0.4) is 0 Å². The van der Waals surface area contributed by atoms with Gasteiger partial charge in [-0.1, -0.05) is 67.0 Å². The van der Waals surface area contributed by atoms with Crippen LogP contribution in [0.1, 0.15) is 133 Å². The van der Waals surface area contributed by atoms with Gasteiger partial charge in [0.1, 0.15) is 6.10 Å². The highest BCUT2D eigenvalue weighted by Gasteiger charge is 2.69. The van der Waals surface area contributed by atoms with E-state index < -0.39 is 5.54 Å². The molecule has 0 aromatic heterocycles. The fourth-order valence-electron chi connectivity index (χ4n) is 11.5. The molecule has 1 amide bonds. The summed E-state index contributed by atoms with van der Waals surface area (Å²) in [6.07, 6.45) is 14.0. The Morgan fingerprint density at radius 2 is 1.62 bits per heavy atom. The second-order valence-corrected chi connectivity index (χ2v) is 15.9. The van der Waals surface area contributed by atoms with E-state index in [1.165, 1.54) is 32.1 Å². The number of carbonyl (C=O) groups is 2. The summed E-state index contributed by atoms with van der Waals surface area (Å²) >= 11 is 0. The van der Waals surface area contributed by atoms with Gasteiger partial charge in [-0.25, -0.2) is 0 Å². The van der Waals surface area contributed by atoms with Gasteiger partial charge < -0.3 is 10.1 Å². The number of nitrogens with one attached hydrogen (secondary N) is 1. The summed E-state index contributed by atoms with van der Waals surface area (Å²) in [5.74, 6) is 3.04. The summed E-state index contributed by atoms with van der Waals surface area (Å²) in [5, 5.41) is 3.44. The standard InChI is InChI=1S/C35H57NO3/c1-10-28(37)36-35(9)26-15-19-34(8)25(32(26,6)18-16-27(35)39-29(38)11-2)13-12-24-30-23(4)22(3)14-17-31(30,5)20-21-33(24,34)7/h12,22-23,25-27,30H,10-11,13-21H2,1-9H3,(H,36,37)/t22-,23+,25-,26-,27+,30+,31-,32-,33-,34-,35-/m1/s1. The summed E-state index contributed by atoms with van der Waals surface area (Å²) in [4.78, 5) is 25.4. The third kappa shape index (κ3) is 4.03. The van der Waals surface area contributed by atoms with Gasteiger partial charge in [-0.05, 0) is 116 Å². The van der Waals surface area contributed by atoms with Gasteiger partial charge >= 0.3 is 5.97 Å². The Bertz CT molecular complexity index is 1030. The van der Waals surface area contributed by atoms with Crippen molar-refractivity contribution in [1.82, 2.24) is 5.32 Å². The average Bonchev–Trinajstić information content (AvgIpc) is 2.89. The first-order valence-corrected chi connectivity index (χ1v) is 16.4. The van der Waals surface area contributed by atoms with Crippen molar-refractivity contribution in [3.63, 3.8) is 0 Å². The minimum absolute atomic E-state index is 0.0670. The lowest BCUT2D eigenvalue weighted by Crippen LogP contribution is -2.71. The van der Waals surface area contributed by atoms with Crippen molar-refractivity contribution in [3.8, 4) is 0 Å². The van der Waals surface area contributed by atoms with E-state index in [1.807, 2.05) is 19.4 Å². The van der Waals surface area contributed by atoms with E-state index in [2.05, 4.69) is 59.9 Å². The van der Waals surface area contributed by atoms with Crippen LogP contribution in [0.15, 0.2) is 11.6 Å². The van der Waals surface area contributed by atoms with Crippen molar-refractivity contribution in [2.24, 2.45) is 51.2 Å². The maximum atomic E-state index is 12.9. The number of hydrogen-bond donors (Lipinski definition) is 1. The average molecular weight is 540 g/mol. The molecule has 5 rings (SSSR count). The Hall–Kier alpha value is -1.32. The summed E-state index contributed by atoms with van der Waals surface area (Å²) in [5.41, 5.74) is 2.29. The fourth-order valence-corrected chi connectivity index (χ4v) is 11.5. The lowest BCUT2D eigenvalue weighted by molar-refractivity contribution is -0.202. The second-order valence-electron chi connectivity index (χ2n) is 15.9. The van der Waals surface area contributed by atoms with Crippen LogP contribution in [0.25, 0.3) is 0 Å². The molecule has 0 aliphatic heterocycles. The molecule has 0 aromatic carbocycles. The summed E-state index contributed by atoms with van der Waals surface area (Å²) < 4.78 is 6.09. The minimum atomic E-state index is -0.532. The number of fused-ring (bicyclic) bond motifs is 7. The summed E-state index contributed by atoms with van der Waals surface area (Å²) in [6, 6.07) is 0. The number of hydrogen-bond acceptors (Lipinski definition) is 3. The van der Waals surface area contributed by atoms with Crippen LogP contribution in [0, 0.1) is 51.2 Å². The molecule has 11 atom stereocenters. The molecule has 220 valence electrons. The molecule has 39 heavy (non-hydrogen) atoms. The fraction of sp³-hybridized carbons (Fsp3) is 0.886. The SMILES string of the molecule is CCC(=O)N[C@@]1(C)[C@@H](OC(=O)CC)CC[C@@]2(C)[C@H]1CC[C@]1(C)[C@@H]2CC=C2[C@@H]3[C@@H](C)[C@H](C)CC[C@]3(C)CC[C@]21C. The van der Waals surface area contributed by atoms with Gasteiger partial charge in [-0.2, -0.15) is 0 Å². The van der Waals surface area contributed by atoms with Crippen molar-refractivity contribution in [1.29, 1.82) is 0 Å². The van der Waals surface area contributed by atoms with Crippen LogP contribution < -0.4 is 5.32 Å². The van der Waals surface area contributed by atoms with Crippen molar-refractivity contribution in [2.45, 2.75) is 145 Å². The highest BCUT2D eigenvalue weighted by atomic mass is 16.5. The minimum Gasteiger partial charge on any atom is -0.460 e. The molecule has 5 aliphatic carbocycles. The predicted octanol–water partition coefficient (Wildman–Crippen LogP) is 8.24. The third-order valence-corrected chi connectivity index (χ3v) is 14.3. The maximum Gasteiger partial charge on any atom is 0.305 e. The molecule has 0 unspecified atom stereocenters. The number of amides is 1. The molecular weight excluding hydrogens is 482 g/mol. The highest BCUT2D eigenvalue weighted by molar-refractivity contribution is 5.77. The van der Waals surface area contributed by atoms with Gasteiger partial charge in [0.25, 0.3) is 0 Å². The normalized spacial score (nSPS) is 50.8. The summed E-state index contributed by atoms with van der Waals surface area (Å²) in [7, 11) is 0. The van der Waals surface area contributed by atoms with Crippen molar-refractivity contribution in [2.75, 3.05) is 0 Å². The van der Waals surface area contributed by atoms with Gasteiger partial charge in [0, 0.05) is 12.8 Å². The number of rotatable bonds is 4. The molecular formula is C35H57NO3. The molecule has 0 aromatic rings. The zero-order valence-electron chi connectivity index (χ0n) is 26.5. The first-order valence-electron chi connectivity index (χ1n) is 16.4. The van der Waals surface area contributed by atoms with Gasteiger partial charge in [0.05, 0.1) is 5.54 Å². The molecule has 0 radical (unpaired) electrons. The molecule has 4 fully saturated rings. The monoisotopic (exact) mass is 539 g/mol. The lowest BCUT2D eigenvalue weighted by Gasteiger charge is -2.71. The van der Waals surface area contributed by atoms with Gasteiger partial charge in [0.15, 0.2) is 0 Å². The van der Waals surface area contributed by atoms with Crippen LogP contribution in [-0.4, -0.2) is 23.5 Å². The molecule has 4 nitrogen and oxygen atoms in total. The van der Waals surface area contributed by atoms with Crippen LogP contribution in [-0.2, 0) is 14.3 Å². The molecule has 4 saturated carbocycles. The molecule has 1 N–H and O–H groups in total. The molecule has 5 aliphatic rings. The van der Waals surface area contributed by atoms with Crippen molar-refractivity contribution >= 4 is 11.9 Å². The van der Waals surface area contributed by atoms with Crippen molar-refractivity contribution < 1.29 is 14.3 Å². The van der Waals surface area contributed by atoms with Crippen LogP contribution in [0.5, 0.6) is 0 Å². The molecule has 0 bridgehead atoms. The first-order chi connectivity index (χ1) is 18.2. The Labute approximate surface area is 238 Å². The number of allylic oxidation sites excluding steroid dienone is 2. The topological polar surface area (TPSA) is 55.4 Å². The quantitative estimate of drug-likeness (QED) is 0.289. The smallest absolute Gasteiger partial charge is 0.305 e. The molecule has 0 saturated heterocycles. The van der Waals surface area contributed by atoms with Gasteiger partial charge in [-0.15, -0.1) is 0 Å². The van der Waals surface area contributed by atoms with E-state index in [9.17, 15) is 9.59 Å². The highest BCUT2D eigenvalue weighted by Crippen LogP contribution is 2.75. The van der Waals surface area contributed by atoms with Crippen LogP contribution in [0.4, 0.5) is 0 Å². The largest absolute Gasteiger partial charge is 0.460 e. The van der Waals surface area contributed by atoms with E-state index in [-0.39, 0.29) is 34.2 Å². The van der Waals surface area contributed by atoms with Gasteiger partial charge in [-0.3, -0.25) is 9.59 Å². The van der Waals surface area contributed by atoms with E-state index in [4.69, 9.17) is 4.74 Å². The Balaban J connectivity index is 1.55. The summed E-state index contributed by atoms with van der Waals surface area (Å²) in [6.45, 7) is 21.5. The Morgan fingerprint density at radius 1 is 0.897 bits per heavy atom. The first kappa shape index (κ1) is 29.2. The predicted molar refractivity (Wildman–Crippen MR) is 158 cm³/mol. The third-order valence-electron chi connectivity index (χ3n) is 14.3. The lowest BCUT2D eigenvalue weighted by atomic mass is 9.34. The van der Waals surface area contributed by atoms with Crippen LogP contribution in [0.2, 0.25) is 0 Å². The molecule has 4 heteroatoms. The maximum absolute atomic E-state index is 12.9.